The Hall–Kier alpha value is -2.25. The lowest BCUT2D eigenvalue weighted by molar-refractivity contribution is 0.0495. The molecule has 2 aromatic rings. The van der Waals surface area contributed by atoms with Gasteiger partial charge in [-0.05, 0) is 50.7 Å². The van der Waals surface area contributed by atoms with E-state index in [1.807, 2.05) is 24.3 Å². The van der Waals surface area contributed by atoms with E-state index < -0.39 is 11.5 Å². The van der Waals surface area contributed by atoms with Gasteiger partial charge in [-0.15, -0.1) is 0 Å². The molecular formula is C24H32N4O3. The zero-order valence-electron chi connectivity index (χ0n) is 18.0. The van der Waals surface area contributed by atoms with Crippen molar-refractivity contribution in [1.82, 2.24) is 19.9 Å². The second-order valence-corrected chi connectivity index (χ2v) is 9.52. The molecular weight excluding hydrogens is 392 g/mol. The van der Waals surface area contributed by atoms with Crippen molar-refractivity contribution >= 4 is 16.9 Å². The molecule has 2 N–H and O–H groups in total. The van der Waals surface area contributed by atoms with Crippen molar-refractivity contribution < 1.29 is 10.0 Å². The predicted molar refractivity (Wildman–Crippen MR) is 118 cm³/mol. The van der Waals surface area contributed by atoms with Gasteiger partial charge in [-0.2, -0.15) is 0 Å². The fourth-order valence-electron chi connectivity index (χ4n) is 6.44. The molecule has 1 aromatic carbocycles. The minimum absolute atomic E-state index is 0.0490. The molecule has 166 valence electrons. The molecule has 1 aromatic heterocycles. The van der Waals surface area contributed by atoms with Crippen molar-refractivity contribution in [3.63, 3.8) is 0 Å². The number of carbonyl (C=O) groups excluding carboxylic acids is 1. The summed E-state index contributed by atoms with van der Waals surface area (Å²) >= 11 is 0. The van der Waals surface area contributed by atoms with Gasteiger partial charge in [-0.1, -0.05) is 44.2 Å². The van der Waals surface area contributed by atoms with Crippen LogP contribution in [0.15, 0.2) is 29.1 Å². The molecule has 3 fully saturated rings. The standard InChI is InChI=1S/C24H32N4O3/c29-23(26-31)22-24(30)28(21-11-7-6-10-20(21)25-22)19-14-17-12-13-18(15-19)27(17)16-8-4-2-1-3-5-9-16/h6-7,10-11,16-19,31H,1-5,8-9,12-15H2,(H,26,29). The minimum atomic E-state index is -0.848. The van der Waals surface area contributed by atoms with Crippen LogP contribution >= 0.6 is 0 Å². The molecule has 1 amide bonds. The highest BCUT2D eigenvalue weighted by atomic mass is 16.5. The zero-order chi connectivity index (χ0) is 21.4. The van der Waals surface area contributed by atoms with Crippen molar-refractivity contribution in [2.75, 3.05) is 0 Å². The first-order valence-electron chi connectivity index (χ1n) is 11.9. The van der Waals surface area contributed by atoms with E-state index in [9.17, 15) is 9.59 Å². The number of amides is 1. The molecule has 2 atom stereocenters. The summed E-state index contributed by atoms with van der Waals surface area (Å²) in [6.07, 6.45) is 13.6. The number of aromatic nitrogens is 2. The summed E-state index contributed by atoms with van der Waals surface area (Å²) in [4.78, 5) is 32.5. The number of nitrogens with one attached hydrogen (secondary N) is 1. The molecule has 1 saturated carbocycles. The van der Waals surface area contributed by atoms with E-state index in [1.54, 1.807) is 10.0 Å². The third kappa shape index (κ3) is 3.78. The van der Waals surface area contributed by atoms with Crippen molar-refractivity contribution in [3.8, 4) is 0 Å². The Balaban J connectivity index is 1.48. The fraction of sp³-hybridized carbons (Fsp3) is 0.625. The molecule has 2 unspecified atom stereocenters. The van der Waals surface area contributed by atoms with Gasteiger partial charge in [-0.25, -0.2) is 10.5 Å². The highest BCUT2D eigenvalue weighted by Crippen LogP contribution is 2.44. The molecule has 2 bridgehead atoms. The summed E-state index contributed by atoms with van der Waals surface area (Å²) in [7, 11) is 0. The molecule has 3 aliphatic rings. The van der Waals surface area contributed by atoms with Crippen molar-refractivity contribution in [1.29, 1.82) is 0 Å². The van der Waals surface area contributed by atoms with E-state index in [4.69, 9.17) is 5.21 Å². The number of piperidine rings is 1. The van der Waals surface area contributed by atoms with Gasteiger partial charge >= 0.3 is 0 Å². The Bertz CT molecular complexity index is 998. The lowest BCUT2D eigenvalue weighted by atomic mass is 9.89. The Labute approximate surface area is 182 Å². The topological polar surface area (TPSA) is 87.5 Å². The maximum absolute atomic E-state index is 13.3. The molecule has 0 spiro atoms. The van der Waals surface area contributed by atoms with Crippen LogP contribution in [0.4, 0.5) is 0 Å². The fourth-order valence-corrected chi connectivity index (χ4v) is 6.44. The first kappa shape index (κ1) is 20.6. The van der Waals surface area contributed by atoms with E-state index in [0.29, 0.717) is 23.6 Å². The zero-order valence-corrected chi connectivity index (χ0v) is 18.0. The van der Waals surface area contributed by atoms with Gasteiger partial charge < -0.3 is 4.57 Å². The van der Waals surface area contributed by atoms with E-state index in [0.717, 1.165) is 18.4 Å². The largest absolute Gasteiger partial charge is 0.302 e. The summed E-state index contributed by atoms with van der Waals surface area (Å²) in [5.74, 6) is -0.848. The van der Waals surface area contributed by atoms with Crippen LogP contribution in [0.2, 0.25) is 0 Å². The van der Waals surface area contributed by atoms with Crippen LogP contribution in [0.3, 0.4) is 0 Å². The number of nitrogens with zero attached hydrogens (tertiary/aromatic N) is 3. The second kappa shape index (κ2) is 8.71. The number of rotatable bonds is 3. The number of fused-ring (bicyclic) bond motifs is 3. The van der Waals surface area contributed by atoms with Crippen LogP contribution in [0, 0.1) is 0 Å². The summed E-state index contributed by atoms with van der Waals surface area (Å²) < 4.78 is 1.79. The number of carbonyl (C=O) groups is 1. The molecule has 7 heteroatoms. The van der Waals surface area contributed by atoms with E-state index in [2.05, 4.69) is 9.88 Å². The minimum Gasteiger partial charge on any atom is -0.302 e. The van der Waals surface area contributed by atoms with Gasteiger partial charge in [-0.3, -0.25) is 19.7 Å². The third-order valence-corrected chi connectivity index (χ3v) is 7.74. The Morgan fingerprint density at radius 2 is 1.55 bits per heavy atom. The van der Waals surface area contributed by atoms with Crippen LogP contribution in [0.25, 0.3) is 11.0 Å². The molecule has 2 aliphatic heterocycles. The lowest BCUT2D eigenvalue weighted by Gasteiger charge is -2.45. The lowest BCUT2D eigenvalue weighted by Crippen LogP contribution is -2.50. The monoisotopic (exact) mass is 424 g/mol. The molecule has 1 aliphatic carbocycles. The second-order valence-electron chi connectivity index (χ2n) is 9.52. The van der Waals surface area contributed by atoms with Crippen molar-refractivity contribution in [3.05, 3.63) is 40.3 Å². The molecule has 0 radical (unpaired) electrons. The highest BCUT2D eigenvalue weighted by Gasteiger charge is 2.44. The Morgan fingerprint density at radius 1 is 0.903 bits per heavy atom. The van der Waals surface area contributed by atoms with E-state index >= 15 is 0 Å². The van der Waals surface area contributed by atoms with Crippen LogP contribution < -0.4 is 11.0 Å². The quantitative estimate of drug-likeness (QED) is 0.578. The van der Waals surface area contributed by atoms with E-state index in [1.165, 1.54) is 57.8 Å². The summed E-state index contributed by atoms with van der Waals surface area (Å²) in [5.41, 5.74) is 2.31. The van der Waals surface area contributed by atoms with Crippen LogP contribution in [-0.4, -0.2) is 43.7 Å². The van der Waals surface area contributed by atoms with E-state index in [-0.39, 0.29) is 11.7 Å². The number of hydroxylamine groups is 1. The first-order valence-corrected chi connectivity index (χ1v) is 11.9. The summed E-state index contributed by atoms with van der Waals surface area (Å²) in [6.45, 7) is 0. The highest BCUT2D eigenvalue weighted by molar-refractivity contribution is 5.93. The summed E-state index contributed by atoms with van der Waals surface area (Å²) in [6, 6.07) is 9.22. The maximum atomic E-state index is 13.3. The third-order valence-electron chi connectivity index (χ3n) is 7.74. The molecule has 2 saturated heterocycles. The van der Waals surface area contributed by atoms with Gasteiger partial charge in [0.25, 0.3) is 11.5 Å². The molecule has 7 nitrogen and oxygen atoms in total. The molecule has 31 heavy (non-hydrogen) atoms. The number of benzene rings is 1. The normalized spacial score (nSPS) is 27.7. The Kier molecular flexibility index (Phi) is 5.80. The number of hydrogen-bond acceptors (Lipinski definition) is 5. The SMILES string of the molecule is O=C(NO)c1nc2ccccc2n(C2CC3CCC(C2)N3C2CCCCCCC2)c1=O. The van der Waals surface area contributed by atoms with Crippen molar-refractivity contribution in [2.45, 2.75) is 94.8 Å². The number of para-hydroxylation sites is 2. The number of hydrogen-bond donors (Lipinski definition) is 2. The smallest absolute Gasteiger partial charge is 0.299 e. The van der Waals surface area contributed by atoms with Gasteiger partial charge in [0, 0.05) is 24.2 Å². The molecule has 3 heterocycles. The predicted octanol–water partition coefficient (Wildman–Crippen LogP) is 3.80. The van der Waals surface area contributed by atoms with Crippen LogP contribution in [-0.2, 0) is 0 Å². The summed E-state index contributed by atoms with van der Waals surface area (Å²) in [5, 5.41) is 9.11. The van der Waals surface area contributed by atoms with Crippen LogP contribution in [0.5, 0.6) is 0 Å². The average molecular weight is 425 g/mol. The van der Waals surface area contributed by atoms with Gasteiger partial charge in [0.05, 0.1) is 11.0 Å². The van der Waals surface area contributed by atoms with Crippen LogP contribution in [0.1, 0.15) is 87.2 Å². The maximum Gasteiger partial charge on any atom is 0.299 e. The van der Waals surface area contributed by atoms with Gasteiger partial charge in [0.15, 0.2) is 5.69 Å². The Morgan fingerprint density at radius 3 is 2.23 bits per heavy atom. The van der Waals surface area contributed by atoms with Gasteiger partial charge in [0.2, 0.25) is 0 Å². The average Bonchev–Trinajstić information content (AvgIpc) is 3.01. The first-order chi connectivity index (χ1) is 15.2. The van der Waals surface area contributed by atoms with Gasteiger partial charge in [0.1, 0.15) is 0 Å². The van der Waals surface area contributed by atoms with Crippen molar-refractivity contribution in [2.24, 2.45) is 0 Å². The molecule has 5 rings (SSSR count).